The average molecular weight is 278 g/mol. The third kappa shape index (κ3) is 2.14. The van der Waals surface area contributed by atoms with Crippen molar-refractivity contribution in [3.05, 3.63) is 30.3 Å². The molecule has 19 heavy (non-hydrogen) atoms. The second-order valence-corrected chi connectivity index (χ2v) is 8.92. The second kappa shape index (κ2) is 4.84. The van der Waals surface area contributed by atoms with Crippen LogP contribution in [0.15, 0.2) is 30.3 Å². The SMILES string of the molecule is CC1C2CP(c3ccccc3)C1CC2[C@@](C)(O)CO. The highest BCUT2D eigenvalue weighted by Crippen LogP contribution is 2.65. The van der Waals surface area contributed by atoms with E-state index in [9.17, 15) is 10.2 Å². The molecule has 1 saturated heterocycles. The lowest BCUT2D eigenvalue weighted by molar-refractivity contribution is -0.0589. The Morgan fingerprint density at radius 2 is 2.00 bits per heavy atom. The van der Waals surface area contributed by atoms with E-state index < -0.39 is 5.60 Å². The Bertz CT molecular complexity index is 445. The van der Waals surface area contributed by atoms with E-state index in [0.29, 0.717) is 11.8 Å². The summed E-state index contributed by atoms with van der Waals surface area (Å²) in [5.41, 5.74) is -0.170. The Kier molecular flexibility index (Phi) is 3.45. The molecule has 2 nitrogen and oxygen atoms in total. The van der Waals surface area contributed by atoms with Crippen molar-refractivity contribution in [3.63, 3.8) is 0 Å². The lowest BCUT2D eigenvalue weighted by Gasteiger charge is -2.37. The molecule has 104 valence electrons. The van der Waals surface area contributed by atoms with Gasteiger partial charge in [0.25, 0.3) is 0 Å². The summed E-state index contributed by atoms with van der Waals surface area (Å²) >= 11 is 0. The van der Waals surface area contributed by atoms with Crippen LogP contribution < -0.4 is 5.30 Å². The fourth-order valence-electron chi connectivity index (χ4n) is 4.12. The van der Waals surface area contributed by atoms with E-state index in [1.54, 1.807) is 6.92 Å². The highest BCUT2D eigenvalue weighted by molar-refractivity contribution is 7.66. The van der Waals surface area contributed by atoms with Crippen LogP contribution in [0, 0.1) is 17.8 Å². The summed E-state index contributed by atoms with van der Waals surface area (Å²) in [6, 6.07) is 10.9. The fraction of sp³-hybridized carbons (Fsp3) is 0.625. The number of benzene rings is 1. The Balaban J connectivity index is 1.82. The molecule has 1 aliphatic carbocycles. The second-order valence-electron chi connectivity index (χ2n) is 6.44. The van der Waals surface area contributed by atoms with Gasteiger partial charge in [-0.25, -0.2) is 0 Å². The summed E-state index contributed by atoms with van der Waals surface area (Å²) in [7, 11) is -0.0649. The lowest BCUT2D eigenvalue weighted by atomic mass is 9.80. The van der Waals surface area contributed by atoms with Crippen molar-refractivity contribution >= 4 is 13.2 Å². The van der Waals surface area contributed by atoms with Crippen LogP contribution in [0.1, 0.15) is 20.3 Å². The zero-order chi connectivity index (χ0) is 13.6. The highest BCUT2D eigenvalue weighted by Gasteiger charge is 2.55. The minimum absolute atomic E-state index is 0.0649. The molecule has 1 saturated carbocycles. The van der Waals surface area contributed by atoms with Crippen LogP contribution in [-0.2, 0) is 0 Å². The summed E-state index contributed by atoms with van der Waals surface area (Å²) in [6.45, 7) is 4.03. The van der Waals surface area contributed by atoms with Crippen molar-refractivity contribution in [3.8, 4) is 0 Å². The van der Waals surface area contributed by atoms with Gasteiger partial charge in [0.15, 0.2) is 0 Å². The van der Waals surface area contributed by atoms with Gasteiger partial charge in [0, 0.05) is 0 Å². The van der Waals surface area contributed by atoms with Crippen LogP contribution in [0.4, 0.5) is 0 Å². The van der Waals surface area contributed by atoms with Gasteiger partial charge < -0.3 is 10.2 Å². The molecule has 2 fully saturated rings. The first-order valence-corrected chi connectivity index (χ1v) is 8.79. The van der Waals surface area contributed by atoms with E-state index in [1.165, 1.54) is 11.5 Å². The van der Waals surface area contributed by atoms with E-state index in [-0.39, 0.29) is 20.4 Å². The number of fused-ring (bicyclic) bond motifs is 2. The standard InChI is InChI=1S/C16H23O2P/c1-11-13-9-19(12-6-4-3-5-7-12)15(11)8-14(13)16(2,18)10-17/h3-7,11,13-15,17-18H,8-10H2,1-2H3/t11?,13?,14?,15?,16-,19?/m0/s1. The van der Waals surface area contributed by atoms with Crippen LogP contribution in [0.3, 0.4) is 0 Å². The highest BCUT2D eigenvalue weighted by atomic mass is 31.1. The van der Waals surface area contributed by atoms with Gasteiger partial charge in [-0.2, -0.15) is 0 Å². The lowest BCUT2D eigenvalue weighted by Crippen LogP contribution is -2.42. The Labute approximate surface area is 116 Å². The van der Waals surface area contributed by atoms with Crippen molar-refractivity contribution in [2.75, 3.05) is 12.8 Å². The number of rotatable bonds is 3. The van der Waals surface area contributed by atoms with E-state index in [1.807, 2.05) is 0 Å². The third-order valence-corrected chi connectivity index (χ3v) is 8.57. The molecule has 2 N–H and O–H groups in total. The summed E-state index contributed by atoms with van der Waals surface area (Å²) in [5.74, 6) is 1.55. The number of aliphatic hydroxyl groups excluding tert-OH is 1. The predicted octanol–water partition coefficient (Wildman–Crippen LogP) is 2.19. The van der Waals surface area contributed by atoms with Gasteiger partial charge in [-0.05, 0) is 48.2 Å². The zero-order valence-corrected chi connectivity index (χ0v) is 12.6. The van der Waals surface area contributed by atoms with Crippen molar-refractivity contribution in [1.29, 1.82) is 0 Å². The maximum atomic E-state index is 10.4. The molecule has 0 aromatic heterocycles. The predicted molar refractivity (Wildman–Crippen MR) is 80.1 cm³/mol. The molecule has 1 heterocycles. The Hall–Kier alpha value is -0.430. The number of hydrogen-bond acceptors (Lipinski definition) is 2. The fourth-order valence-corrected chi connectivity index (χ4v) is 7.85. The first-order valence-electron chi connectivity index (χ1n) is 7.19. The maximum Gasteiger partial charge on any atom is 0.0880 e. The average Bonchev–Trinajstić information content (AvgIpc) is 2.93. The first kappa shape index (κ1) is 13.5. The molecule has 3 rings (SSSR count). The summed E-state index contributed by atoms with van der Waals surface area (Å²) < 4.78 is 0. The topological polar surface area (TPSA) is 40.5 Å². The van der Waals surface area contributed by atoms with Crippen LogP contribution >= 0.6 is 7.92 Å². The summed E-state index contributed by atoms with van der Waals surface area (Å²) in [6.07, 6.45) is 2.31. The molecular weight excluding hydrogens is 255 g/mol. The van der Waals surface area contributed by atoms with Crippen molar-refractivity contribution in [2.45, 2.75) is 31.5 Å². The third-order valence-electron chi connectivity index (χ3n) is 5.31. The van der Waals surface area contributed by atoms with Gasteiger partial charge in [-0.1, -0.05) is 45.2 Å². The van der Waals surface area contributed by atoms with Crippen LogP contribution in [-0.4, -0.2) is 34.2 Å². The quantitative estimate of drug-likeness (QED) is 0.832. The number of aliphatic hydroxyl groups is 2. The van der Waals surface area contributed by atoms with Crippen molar-refractivity contribution in [2.24, 2.45) is 17.8 Å². The van der Waals surface area contributed by atoms with Crippen molar-refractivity contribution < 1.29 is 10.2 Å². The number of hydrogen-bond donors (Lipinski definition) is 2. The summed E-state index contributed by atoms with van der Waals surface area (Å²) in [5, 5.41) is 21.3. The maximum absolute atomic E-state index is 10.4. The molecule has 1 aromatic carbocycles. The molecule has 3 heteroatoms. The van der Waals surface area contributed by atoms with Gasteiger partial charge in [0.1, 0.15) is 0 Å². The normalized spacial score (nSPS) is 40.3. The Morgan fingerprint density at radius 3 is 2.53 bits per heavy atom. The van der Waals surface area contributed by atoms with Gasteiger partial charge in [0.05, 0.1) is 12.2 Å². The molecule has 1 aromatic rings. The molecular formula is C16H23O2P. The molecule has 0 amide bonds. The van der Waals surface area contributed by atoms with Gasteiger partial charge in [-0.15, -0.1) is 0 Å². The molecule has 6 atom stereocenters. The molecule has 1 aliphatic heterocycles. The monoisotopic (exact) mass is 278 g/mol. The largest absolute Gasteiger partial charge is 0.393 e. The Morgan fingerprint density at radius 1 is 1.32 bits per heavy atom. The smallest absolute Gasteiger partial charge is 0.0880 e. The van der Waals surface area contributed by atoms with Gasteiger partial charge in [0.2, 0.25) is 0 Å². The minimum atomic E-state index is -0.897. The van der Waals surface area contributed by atoms with Crippen LogP contribution in [0.25, 0.3) is 0 Å². The first-order chi connectivity index (χ1) is 9.04. The van der Waals surface area contributed by atoms with Crippen LogP contribution in [0.2, 0.25) is 0 Å². The van der Waals surface area contributed by atoms with Crippen LogP contribution in [0.5, 0.6) is 0 Å². The summed E-state index contributed by atoms with van der Waals surface area (Å²) in [4.78, 5) is 0. The van der Waals surface area contributed by atoms with E-state index in [0.717, 1.165) is 12.1 Å². The van der Waals surface area contributed by atoms with E-state index in [4.69, 9.17) is 0 Å². The van der Waals surface area contributed by atoms with Gasteiger partial charge >= 0.3 is 0 Å². The minimum Gasteiger partial charge on any atom is -0.393 e. The molecule has 2 bridgehead atoms. The van der Waals surface area contributed by atoms with E-state index >= 15 is 0 Å². The van der Waals surface area contributed by atoms with Gasteiger partial charge in [-0.3, -0.25) is 0 Å². The molecule has 0 spiro atoms. The zero-order valence-electron chi connectivity index (χ0n) is 11.7. The van der Waals surface area contributed by atoms with E-state index in [2.05, 4.69) is 37.3 Å². The van der Waals surface area contributed by atoms with Crippen molar-refractivity contribution in [1.82, 2.24) is 0 Å². The molecule has 5 unspecified atom stereocenters. The molecule has 2 aliphatic rings. The molecule has 0 radical (unpaired) electrons.